The Labute approximate surface area is 119 Å². The van der Waals surface area contributed by atoms with Crippen molar-refractivity contribution in [2.75, 3.05) is 20.2 Å². The Kier molecular flexibility index (Phi) is 4.77. The van der Waals surface area contributed by atoms with Crippen molar-refractivity contribution in [2.24, 2.45) is 5.92 Å². The van der Waals surface area contributed by atoms with Crippen LogP contribution in [0.25, 0.3) is 0 Å². The van der Waals surface area contributed by atoms with Crippen LogP contribution in [0.4, 0.5) is 0 Å². The Hall–Kier alpha value is -1.84. The van der Waals surface area contributed by atoms with Crippen LogP contribution in [0, 0.1) is 12.8 Å². The number of esters is 1. The predicted octanol–water partition coefficient (Wildman–Crippen LogP) is 1.95. The van der Waals surface area contributed by atoms with E-state index in [9.17, 15) is 9.59 Å². The van der Waals surface area contributed by atoms with E-state index in [1.807, 2.05) is 12.1 Å². The first kappa shape index (κ1) is 14.6. The van der Waals surface area contributed by atoms with Crippen LogP contribution >= 0.6 is 0 Å². The van der Waals surface area contributed by atoms with Gasteiger partial charge in [-0.25, -0.2) is 0 Å². The number of amides is 1. The largest absolute Gasteiger partial charge is 0.469 e. The van der Waals surface area contributed by atoms with Crippen LogP contribution < -0.4 is 0 Å². The number of aryl methyl sites for hydroxylation is 2. The van der Waals surface area contributed by atoms with Crippen molar-refractivity contribution in [1.82, 2.24) is 4.90 Å². The van der Waals surface area contributed by atoms with Crippen molar-refractivity contribution < 1.29 is 14.3 Å². The summed E-state index contributed by atoms with van der Waals surface area (Å²) in [5, 5.41) is 0. The van der Waals surface area contributed by atoms with Crippen LogP contribution in [0.5, 0.6) is 0 Å². The molecule has 1 aliphatic heterocycles. The van der Waals surface area contributed by atoms with Gasteiger partial charge in [-0.2, -0.15) is 0 Å². The second-order valence-corrected chi connectivity index (χ2v) is 5.27. The molecule has 1 unspecified atom stereocenters. The SMILES string of the molecule is COC(=O)C1CCN(C(=O)CCc2ccccc2C)C1. The van der Waals surface area contributed by atoms with Crippen LogP contribution in [0.3, 0.4) is 0 Å². The highest BCUT2D eigenvalue weighted by molar-refractivity contribution is 5.79. The molecule has 1 heterocycles. The summed E-state index contributed by atoms with van der Waals surface area (Å²) in [5.41, 5.74) is 2.43. The van der Waals surface area contributed by atoms with E-state index in [1.54, 1.807) is 4.90 Å². The third kappa shape index (κ3) is 3.38. The van der Waals surface area contributed by atoms with Crippen molar-refractivity contribution >= 4 is 11.9 Å². The van der Waals surface area contributed by atoms with Gasteiger partial charge in [-0.05, 0) is 30.9 Å². The number of hydrogen-bond acceptors (Lipinski definition) is 3. The van der Waals surface area contributed by atoms with Crippen molar-refractivity contribution in [2.45, 2.75) is 26.2 Å². The van der Waals surface area contributed by atoms with Gasteiger partial charge in [-0.1, -0.05) is 24.3 Å². The first-order valence-corrected chi connectivity index (χ1v) is 7.02. The molecule has 1 atom stereocenters. The van der Waals surface area contributed by atoms with Gasteiger partial charge in [0.15, 0.2) is 0 Å². The molecule has 0 spiro atoms. The predicted molar refractivity (Wildman–Crippen MR) is 76.2 cm³/mol. The van der Waals surface area contributed by atoms with Gasteiger partial charge in [-0.15, -0.1) is 0 Å². The molecule has 1 aliphatic rings. The van der Waals surface area contributed by atoms with Gasteiger partial charge >= 0.3 is 5.97 Å². The highest BCUT2D eigenvalue weighted by Crippen LogP contribution is 2.19. The fourth-order valence-corrected chi connectivity index (χ4v) is 2.64. The Bertz CT molecular complexity index is 498. The molecule has 0 N–H and O–H groups in total. The van der Waals surface area contributed by atoms with Crippen LogP contribution in [0.2, 0.25) is 0 Å². The average molecular weight is 275 g/mol. The van der Waals surface area contributed by atoms with Gasteiger partial charge in [0, 0.05) is 19.5 Å². The summed E-state index contributed by atoms with van der Waals surface area (Å²) >= 11 is 0. The van der Waals surface area contributed by atoms with Gasteiger partial charge in [0.05, 0.1) is 13.0 Å². The maximum atomic E-state index is 12.2. The number of methoxy groups -OCH3 is 1. The number of likely N-dealkylation sites (tertiary alicyclic amines) is 1. The first-order chi connectivity index (χ1) is 9.61. The normalized spacial score (nSPS) is 18.1. The highest BCUT2D eigenvalue weighted by atomic mass is 16.5. The quantitative estimate of drug-likeness (QED) is 0.789. The highest BCUT2D eigenvalue weighted by Gasteiger charge is 2.31. The topological polar surface area (TPSA) is 46.6 Å². The van der Waals surface area contributed by atoms with Gasteiger partial charge < -0.3 is 9.64 Å². The Morgan fingerprint density at radius 1 is 1.35 bits per heavy atom. The molecular formula is C16H21NO3. The molecule has 108 valence electrons. The van der Waals surface area contributed by atoms with Crippen molar-refractivity contribution in [1.29, 1.82) is 0 Å². The number of ether oxygens (including phenoxy) is 1. The first-order valence-electron chi connectivity index (χ1n) is 7.02. The van der Waals surface area contributed by atoms with Crippen molar-refractivity contribution in [3.05, 3.63) is 35.4 Å². The second-order valence-electron chi connectivity index (χ2n) is 5.27. The minimum atomic E-state index is -0.209. The summed E-state index contributed by atoms with van der Waals surface area (Å²) < 4.78 is 4.73. The molecule has 0 saturated carbocycles. The van der Waals surface area contributed by atoms with Gasteiger partial charge in [0.25, 0.3) is 0 Å². The lowest BCUT2D eigenvalue weighted by Gasteiger charge is -2.16. The lowest BCUT2D eigenvalue weighted by Crippen LogP contribution is -2.30. The van der Waals surface area contributed by atoms with Crippen LogP contribution in [-0.2, 0) is 20.7 Å². The summed E-state index contributed by atoms with van der Waals surface area (Å²) in [6, 6.07) is 8.12. The van der Waals surface area contributed by atoms with Gasteiger partial charge in [0.2, 0.25) is 5.91 Å². The van der Waals surface area contributed by atoms with E-state index < -0.39 is 0 Å². The minimum Gasteiger partial charge on any atom is -0.469 e. The zero-order valence-corrected chi connectivity index (χ0v) is 12.1. The minimum absolute atomic E-state index is 0.125. The summed E-state index contributed by atoms with van der Waals surface area (Å²) in [7, 11) is 1.39. The van der Waals surface area contributed by atoms with E-state index in [0.29, 0.717) is 25.9 Å². The zero-order valence-electron chi connectivity index (χ0n) is 12.1. The maximum absolute atomic E-state index is 12.2. The molecule has 0 radical (unpaired) electrons. The molecule has 1 aromatic carbocycles. The fourth-order valence-electron chi connectivity index (χ4n) is 2.64. The molecule has 0 aliphatic carbocycles. The van der Waals surface area contributed by atoms with E-state index in [0.717, 1.165) is 6.42 Å². The van der Waals surface area contributed by atoms with E-state index in [2.05, 4.69) is 19.1 Å². The smallest absolute Gasteiger partial charge is 0.310 e. The molecule has 1 aromatic rings. The number of benzene rings is 1. The van der Waals surface area contributed by atoms with Gasteiger partial charge in [0.1, 0.15) is 0 Å². The number of carbonyl (C=O) groups excluding carboxylic acids is 2. The molecule has 4 nitrogen and oxygen atoms in total. The van der Waals surface area contributed by atoms with Crippen molar-refractivity contribution in [3.8, 4) is 0 Å². The Morgan fingerprint density at radius 3 is 2.80 bits per heavy atom. The van der Waals surface area contributed by atoms with E-state index >= 15 is 0 Å². The molecule has 1 saturated heterocycles. The molecule has 2 rings (SSSR count). The molecule has 0 aromatic heterocycles. The van der Waals surface area contributed by atoms with Crippen molar-refractivity contribution in [3.63, 3.8) is 0 Å². The third-order valence-electron chi connectivity index (χ3n) is 3.94. The van der Waals surface area contributed by atoms with E-state index in [4.69, 9.17) is 4.74 Å². The summed E-state index contributed by atoms with van der Waals surface area (Å²) in [4.78, 5) is 25.4. The van der Waals surface area contributed by atoms with Crippen LogP contribution in [-0.4, -0.2) is 37.0 Å². The molecule has 0 bridgehead atoms. The van der Waals surface area contributed by atoms with Gasteiger partial charge in [-0.3, -0.25) is 9.59 Å². The Balaban J connectivity index is 1.85. The number of hydrogen-bond donors (Lipinski definition) is 0. The average Bonchev–Trinajstić information content (AvgIpc) is 2.95. The summed E-state index contributed by atoms with van der Waals surface area (Å²) in [5.74, 6) is -0.235. The number of nitrogens with zero attached hydrogens (tertiary/aromatic N) is 1. The van der Waals surface area contributed by atoms with E-state index in [1.165, 1.54) is 18.2 Å². The number of carbonyl (C=O) groups is 2. The fraction of sp³-hybridized carbons (Fsp3) is 0.500. The molecule has 1 fully saturated rings. The van der Waals surface area contributed by atoms with Crippen LogP contribution in [0.1, 0.15) is 24.0 Å². The zero-order chi connectivity index (χ0) is 14.5. The lowest BCUT2D eigenvalue weighted by molar-refractivity contribution is -0.145. The second kappa shape index (κ2) is 6.55. The molecule has 4 heteroatoms. The standard InChI is InChI=1S/C16H21NO3/c1-12-5-3-4-6-13(12)7-8-15(18)17-10-9-14(11-17)16(19)20-2/h3-6,14H,7-11H2,1-2H3. The Morgan fingerprint density at radius 2 is 2.10 bits per heavy atom. The summed E-state index contributed by atoms with van der Waals surface area (Å²) in [6.45, 7) is 3.22. The molecule has 1 amide bonds. The summed E-state index contributed by atoms with van der Waals surface area (Å²) in [6.07, 6.45) is 1.96. The third-order valence-corrected chi connectivity index (χ3v) is 3.94. The lowest BCUT2D eigenvalue weighted by atomic mass is 10.0. The maximum Gasteiger partial charge on any atom is 0.310 e. The molecular weight excluding hydrogens is 254 g/mol. The monoisotopic (exact) mass is 275 g/mol. The van der Waals surface area contributed by atoms with Crippen LogP contribution in [0.15, 0.2) is 24.3 Å². The number of rotatable bonds is 4. The van der Waals surface area contributed by atoms with E-state index in [-0.39, 0.29) is 17.8 Å². The molecule has 20 heavy (non-hydrogen) atoms.